The highest BCUT2D eigenvalue weighted by atomic mass is 16.5. The monoisotopic (exact) mass is 420 g/mol. The molecule has 0 spiro atoms. The average molecular weight is 420 g/mol. The lowest BCUT2D eigenvalue weighted by molar-refractivity contribution is 0.0601. The topological polar surface area (TPSA) is 131 Å². The molecule has 0 amide bonds. The Hall–Kier alpha value is -3.83. The van der Waals surface area contributed by atoms with Gasteiger partial charge in [-0.15, -0.1) is 5.10 Å². The van der Waals surface area contributed by atoms with Gasteiger partial charge in [-0.25, -0.2) is 9.67 Å². The zero-order valence-electron chi connectivity index (χ0n) is 16.8. The molecule has 0 unspecified atom stereocenters. The quantitative estimate of drug-likeness (QED) is 0.374. The fourth-order valence-corrected chi connectivity index (χ4v) is 3.25. The lowest BCUT2D eigenvalue weighted by Gasteiger charge is -2.07. The molecule has 5 rings (SSSR count). The summed E-state index contributed by atoms with van der Waals surface area (Å²) in [7, 11) is 1.64. The third-order valence-corrected chi connectivity index (χ3v) is 4.70. The standard InChI is InChI=1S/C20H20N8O3/c1-29-8-9-30-12-14-5-2-4-13(23-14)11-27-18-15(10-22-27)19-24-17(16-6-3-7-31-16)26-28(19)20(21)25-18/h2-7,10H,8-9,11-12H2,1H3,(H2,21,25). The van der Waals surface area contributed by atoms with E-state index in [2.05, 4.69) is 25.1 Å². The summed E-state index contributed by atoms with van der Waals surface area (Å²) in [6, 6.07) is 9.36. The van der Waals surface area contributed by atoms with Gasteiger partial charge in [0.25, 0.3) is 0 Å². The molecule has 5 aromatic heterocycles. The van der Waals surface area contributed by atoms with Gasteiger partial charge in [0.05, 0.1) is 55.6 Å². The van der Waals surface area contributed by atoms with Crippen LogP contribution in [0.5, 0.6) is 0 Å². The number of nitrogens with two attached hydrogens (primary N) is 1. The SMILES string of the molecule is COCCOCc1cccc(Cn2ncc3c2nc(N)n2nc(-c4ccco4)nc32)n1. The van der Waals surface area contributed by atoms with Crippen molar-refractivity contribution in [1.82, 2.24) is 34.3 Å². The van der Waals surface area contributed by atoms with Crippen molar-refractivity contribution >= 4 is 22.6 Å². The highest BCUT2D eigenvalue weighted by Gasteiger charge is 2.17. The minimum atomic E-state index is 0.211. The van der Waals surface area contributed by atoms with Crippen LogP contribution < -0.4 is 5.73 Å². The number of nitrogens with zero attached hydrogens (tertiary/aromatic N) is 7. The zero-order chi connectivity index (χ0) is 21.2. The Kier molecular flexibility index (Phi) is 5.02. The van der Waals surface area contributed by atoms with Gasteiger partial charge in [0.1, 0.15) is 0 Å². The van der Waals surface area contributed by atoms with Crippen LogP contribution in [0, 0.1) is 0 Å². The Morgan fingerprint density at radius 3 is 2.77 bits per heavy atom. The summed E-state index contributed by atoms with van der Waals surface area (Å²) in [6.45, 7) is 1.91. The van der Waals surface area contributed by atoms with Gasteiger partial charge in [-0.3, -0.25) is 4.98 Å². The Bertz CT molecular complexity index is 1330. The van der Waals surface area contributed by atoms with Crippen LogP contribution in [0.15, 0.2) is 47.2 Å². The third-order valence-electron chi connectivity index (χ3n) is 4.70. The molecule has 0 bridgehead atoms. The number of rotatable bonds is 8. The average Bonchev–Trinajstić information content (AvgIpc) is 3.52. The molecule has 0 aliphatic heterocycles. The van der Waals surface area contributed by atoms with Crippen LogP contribution in [-0.2, 0) is 22.6 Å². The first-order chi connectivity index (χ1) is 15.2. The molecule has 31 heavy (non-hydrogen) atoms. The number of hydrogen-bond acceptors (Lipinski definition) is 9. The van der Waals surface area contributed by atoms with Crippen molar-refractivity contribution in [3.05, 3.63) is 54.2 Å². The lowest BCUT2D eigenvalue weighted by atomic mass is 10.3. The van der Waals surface area contributed by atoms with Crippen LogP contribution in [-0.4, -0.2) is 54.7 Å². The molecule has 11 nitrogen and oxygen atoms in total. The molecule has 0 aromatic carbocycles. The van der Waals surface area contributed by atoms with Crippen LogP contribution in [0.1, 0.15) is 11.4 Å². The highest BCUT2D eigenvalue weighted by Crippen LogP contribution is 2.23. The summed E-state index contributed by atoms with van der Waals surface area (Å²) in [5, 5.41) is 9.61. The second-order valence-corrected chi connectivity index (χ2v) is 6.82. The number of furan rings is 1. The smallest absolute Gasteiger partial charge is 0.225 e. The van der Waals surface area contributed by atoms with Crippen LogP contribution >= 0.6 is 0 Å². The maximum absolute atomic E-state index is 6.15. The van der Waals surface area contributed by atoms with Gasteiger partial charge in [0.15, 0.2) is 17.1 Å². The van der Waals surface area contributed by atoms with Crippen molar-refractivity contribution in [2.45, 2.75) is 13.2 Å². The predicted octanol–water partition coefficient (Wildman–Crippen LogP) is 1.92. The molecule has 0 aliphatic carbocycles. The Morgan fingerprint density at radius 1 is 1.03 bits per heavy atom. The van der Waals surface area contributed by atoms with Crippen LogP contribution in [0.4, 0.5) is 5.95 Å². The maximum atomic E-state index is 6.15. The lowest BCUT2D eigenvalue weighted by Crippen LogP contribution is -2.09. The third kappa shape index (κ3) is 3.71. The predicted molar refractivity (Wildman–Crippen MR) is 111 cm³/mol. The van der Waals surface area contributed by atoms with Crippen LogP contribution in [0.3, 0.4) is 0 Å². The number of methoxy groups -OCH3 is 1. The summed E-state index contributed by atoms with van der Waals surface area (Å²) >= 11 is 0. The number of aromatic nitrogens is 7. The van der Waals surface area contributed by atoms with E-state index in [4.69, 9.17) is 19.6 Å². The van der Waals surface area contributed by atoms with Crippen molar-refractivity contribution in [1.29, 1.82) is 0 Å². The molecular weight excluding hydrogens is 400 g/mol. The molecule has 0 saturated heterocycles. The summed E-state index contributed by atoms with van der Waals surface area (Å²) in [4.78, 5) is 13.7. The number of ether oxygens (including phenoxy) is 2. The Morgan fingerprint density at radius 2 is 1.94 bits per heavy atom. The Balaban J connectivity index is 1.45. The summed E-state index contributed by atoms with van der Waals surface area (Å²) in [6.07, 6.45) is 3.27. The van der Waals surface area contributed by atoms with E-state index in [0.717, 1.165) is 16.8 Å². The maximum Gasteiger partial charge on any atom is 0.225 e. The molecule has 2 N–H and O–H groups in total. The first-order valence-electron chi connectivity index (χ1n) is 9.66. The van der Waals surface area contributed by atoms with E-state index in [-0.39, 0.29) is 5.95 Å². The number of anilines is 1. The van der Waals surface area contributed by atoms with Gasteiger partial charge < -0.3 is 19.6 Å². The van der Waals surface area contributed by atoms with Crippen molar-refractivity contribution in [3.8, 4) is 11.6 Å². The van der Waals surface area contributed by atoms with Crippen molar-refractivity contribution in [2.24, 2.45) is 0 Å². The van der Waals surface area contributed by atoms with Crippen LogP contribution in [0.2, 0.25) is 0 Å². The summed E-state index contributed by atoms with van der Waals surface area (Å²) < 4.78 is 19.2. The first kappa shape index (κ1) is 19.2. The van der Waals surface area contributed by atoms with E-state index in [1.807, 2.05) is 18.2 Å². The van der Waals surface area contributed by atoms with E-state index in [1.54, 1.807) is 36.4 Å². The van der Waals surface area contributed by atoms with Gasteiger partial charge in [-0.05, 0) is 24.3 Å². The van der Waals surface area contributed by atoms with Gasteiger partial charge in [0.2, 0.25) is 11.8 Å². The zero-order valence-corrected chi connectivity index (χ0v) is 16.8. The van der Waals surface area contributed by atoms with Gasteiger partial charge >= 0.3 is 0 Å². The van der Waals surface area contributed by atoms with Gasteiger partial charge in [0, 0.05) is 7.11 Å². The summed E-state index contributed by atoms with van der Waals surface area (Å²) in [5.74, 6) is 1.20. The van der Waals surface area contributed by atoms with E-state index >= 15 is 0 Å². The van der Waals surface area contributed by atoms with Crippen molar-refractivity contribution in [3.63, 3.8) is 0 Å². The van der Waals surface area contributed by atoms with E-state index in [9.17, 15) is 0 Å². The normalized spacial score (nSPS) is 11.6. The molecule has 0 saturated carbocycles. The number of hydrogen-bond donors (Lipinski definition) is 1. The first-order valence-corrected chi connectivity index (χ1v) is 9.66. The number of fused-ring (bicyclic) bond motifs is 3. The molecule has 0 fully saturated rings. The largest absolute Gasteiger partial charge is 0.461 e. The van der Waals surface area contributed by atoms with E-state index in [1.165, 1.54) is 4.52 Å². The van der Waals surface area contributed by atoms with Gasteiger partial charge in [-0.1, -0.05) is 6.07 Å². The second-order valence-electron chi connectivity index (χ2n) is 6.82. The highest BCUT2D eigenvalue weighted by molar-refractivity contribution is 5.90. The second kappa shape index (κ2) is 8.13. The molecule has 158 valence electrons. The molecule has 0 atom stereocenters. The molecular formula is C20H20N8O3. The fraction of sp³-hybridized carbons (Fsp3) is 0.250. The van der Waals surface area contributed by atoms with E-state index in [0.29, 0.717) is 49.2 Å². The summed E-state index contributed by atoms with van der Waals surface area (Å²) in [5.41, 5.74) is 8.98. The molecule has 0 aliphatic rings. The molecule has 11 heteroatoms. The Labute approximate surface area is 176 Å². The van der Waals surface area contributed by atoms with E-state index < -0.39 is 0 Å². The van der Waals surface area contributed by atoms with Crippen LogP contribution in [0.25, 0.3) is 28.3 Å². The number of nitrogen functional groups attached to an aromatic ring is 1. The fourth-order valence-electron chi connectivity index (χ4n) is 3.25. The molecule has 5 heterocycles. The number of pyridine rings is 1. The minimum absolute atomic E-state index is 0.211. The molecule has 5 aromatic rings. The van der Waals surface area contributed by atoms with Crippen molar-refractivity contribution < 1.29 is 13.9 Å². The molecule has 0 radical (unpaired) electrons. The van der Waals surface area contributed by atoms with Gasteiger partial charge in [-0.2, -0.15) is 14.6 Å². The van der Waals surface area contributed by atoms with Crippen molar-refractivity contribution in [2.75, 3.05) is 26.1 Å². The minimum Gasteiger partial charge on any atom is -0.461 e.